The molecular weight excluding hydrogens is 434 g/mol. The quantitative estimate of drug-likeness (QED) is 0.709. The standard InChI is InChI=1S/C26H31N3O5/c1-17-14-28(15-18(2)34-17)26(32)20-6-4-19(5-7-20)13-27-25(31)21-12-24(30)29(16-21)22-8-10-23(33-3)11-9-22/h4-11,17-18,21H,12-16H2,1-3H3,(H,27,31). The first-order chi connectivity index (χ1) is 16.3. The molecule has 2 aromatic carbocycles. The van der Waals surface area contributed by atoms with E-state index in [-0.39, 0.29) is 36.4 Å². The average molecular weight is 466 g/mol. The lowest BCUT2D eigenvalue weighted by Gasteiger charge is -2.35. The Bertz CT molecular complexity index is 1030. The van der Waals surface area contributed by atoms with E-state index >= 15 is 0 Å². The van der Waals surface area contributed by atoms with Crippen LogP contribution < -0.4 is 15.0 Å². The monoisotopic (exact) mass is 465 g/mol. The number of anilines is 1. The average Bonchev–Trinajstić information content (AvgIpc) is 3.23. The van der Waals surface area contributed by atoms with Crippen LogP contribution in [-0.2, 0) is 20.9 Å². The van der Waals surface area contributed by atoms with Gasteiger partial charge in [-0.1, -0.05) is 12.1 Å². The summed E-state index contributed by atoms with van der Waals surface area (Å²) in [7, 11) is 1.59. The summed E-state index contributed by atoms with van der Waals surface area (Å²) in [4.78, 5) is 41.4. The van der Waals surface area contributed by atoms with Crippen molar-refractivity contribution in [3.63, 3.8) is 0 Å². The molecule has 0 aromatic heterocycles. The topological polar surface area (TPSA) is 88.2 Å². The summed E-state index contributed by atoms with van der Waals surface area (Å²) in [5.74, 6) is 0.0774. The van der Waals surface area contributed by atoms with Gasteiger partial charge in [0.1, 0.15) is 5.75 Å². The zero-order valence-corrected chi connectivity index (χ0v) is 19.8. The first-order valence-electron chi connectivity index (χ1n) is 11.6. The predicted octanol–water partition coefficient (Wildman–Crippen LogP) is 2.61. The molecule has 2 aliphatic heterocycles. The smallest absolute Gasteiger partial charge is 0.254 e. The fourth-order valence-electron chi connectivity index (χ4n) is 4.52. The maximum atomic E-state index is 12.8. The molecule has 3 unspecified atom stereocenters. The Hall–Kier alpha value is -3.39. The molecule has 2 fully saturated rings. The van der Waals surface area contributed by atoms with Crippen LogP contribution in [0.15, 0.2) is 48.5 Å². The van der Waals surface area contributed by atoms with Gasteiger partial charge in [0.2, 0.25) is 11.8 Å². The van der Waals surface area contributed by atoms with E-state index in [0.717, 1.165) is 11.3 Å². The van der Waals surface area contributed by atoms with E-state index in [4.69, 9.17) is 9.47 Å². The van der Waals surface area contributed by atoms with Gasteiger partial charge in [-0.15, -0.1) is 0 Å². The van der Waals surface area contributed by atoms with Crippen LogP contribution in [0.4, 0.5) is 5.69 Å². The molecule has 3 amide bonds. The molecule has 0 bridgehead atoms. The van der Waals surface area contributed by atoms with Crippen LogP contribution in [0.5, 0.6) is 5.75 Å². The van der Waals surface area contributed by atoms with Gasteiger partial charge in [0.15, 0.2) is 0 Å². The predicted molar refractivity (Wildman–Crippen MR) is 128 cm³/mol. The lowest BCUT2D eigenvalue weighted by atomic mass is 10.1. The van der Waals surface area contributed by atoms with Crippen LogP contribution in [0.1, 0.15) is 36.2 Å². The first-order valence-corrected chi connectivity index (χ1v) is 11.6. The summed E-state index contributed by atoms with van der Waals surface area (Å²) in [6.45, 7) is 5.78. The van der Waals surface area contributed by atoms with Crippen LogP contribution in [0.25, 0.3) is 0 Å². The molecule has 0 radical (unpaired) electrons. The summed E-state index contributed by atoms with van der Waals surface area (Å²) in [5, 5.41) is 2.93. The van der Waals surface area contributed by atoms with Gasteiger partial charge < -0.3 is 24.6 Å². The number of amides is 3. The molecule has 8 nitrogen and oxygen atoms in total. The van der Waals surface area contributed by atoms with E-state index in [0.29, 0.717) is 37.5 Å². The van der Waals surface area contributed by atoms with Crippen LogP contribution >= 0.6 is 0 Å². The molecule has 2 aliphatic rings. The second kappa shape index (κ2) is 10.3. The van der Waals surface area contributed by atoms with Crippen molar-refractivity contribution in [1.29, 1.82) is 0 Å². The van der Waals surface area contributed by atoms with Crippen molar-refractivity contribution in [2.45, 2.75) is 39.0 Å². The van der Waals surface area contributed by atoms with Crippen molar-refractivity contribution in [3.05, 3.63) is 59.7 Å². The number of carbonyl (C=O) groups excluding carboxylic acids is 3. The minimum atomic E-state index is -0.402. The van der Waals surface area contributed by atoms with Gasteiger partial charge in [-0.25, -0.2) is 0 Å². The SMILES string of the molecule is COc1ccc(N2CC(C(=O)NCc3ccc(C(=O)N4CC(C)OC(C)C4)cc3)CC2=O)cc1. The number of morpholine rings is 1. The minimum absolute atomic E-state index is 0.0133. The molecule has 1 N–H and O–H groups in total. The van der Waals surface area contributed by atoms with Crippen molar-refractivity contribution in [2.75, 3.05) is 31.6 Å². The molecule has 0 saturated carbocycles. The molecule has 4 rings (SSSR count). The molecule has 3 atom stereocenters. The number of nitrogens with one attached hydrogen (secondary N) is 1. The summed E-state index contributed by atoms with van der Waals surface area (Å²) >= 11 is 0. The van der Waals surface area contributed by atoms with E-state index < -0.39 is 5.92 Å². The number of rotatable bonds is 6. The number of hydrogen-bond donors (Lipinski definition) is 1. The first kappa shape index (κ1) is 23.8. The van der Waals surface area contributed by atoms with Crippen molar-refractivity contribution in [2.24, 2.45) is 5.92 Å². The van der Waals surface area contributed by atoms with Crippen molar-refractivity contribution in [3.8, 4) is 5.75 Å². The van der Waals surface area contributed by atoms with Crippen LogP contribution in [0, 0.1) is 5.92 Å². The van der Waals surface area contributed by atoms with E-state index in [1.807, 2.05) is 43.0 Å². The normalized spacial score (nSPS) is 22.6. The summed E-state index contributed by atoms with van der Waals surface area (Å²) in [6, 6.07) is 14.5. The highest BCUT2D eigenvalue weighted by Crippen LogP contribution is 2.27. The third-order valence-corrected chi connectivity index (χ3v) is 6.25. The molecule has 34 heavy (non-hydrogen) atoms. The molecule has 0 spiro atoms. The Morgan fingerprint density at radius 1 is 1.00 bits per heavy atom. The summed E-state index contributed by atoms with van der Waals surface area (Å²) in [6.07, 6.45) is 0.220. The molecular formula is C26H31N3O5. The van der Waals surface area contributed by atoms with Crippen molar-refractivity contribution >= 4 is 23.4 Å². The fourth-order valence-corrected chi connectivity index (χ4v) is 4.52. The third-order valence-electron chi connectivity index (χ3n) is 6.25. The number of methoxy groups -OCH3 is 1. The Labute approximate surface area is 199 Å². The van der Waals surface area contributed by atoms with Gasteiger partial charge in [0.25, 0.3) is 5.91 Å². The van der Waals surface area contributed by atoms with Gasteiger partial charge in [0.05, 0.1) is 25.2 Å². The van der Waals surface area contributed by atoms with Gasteiger partial charge in [0, 0.05) is 43.9 Å². The number of carbonyl (C=O) groups is 3. The van der Waals surface area contributed by atoms with Gasteiger partial charge in [-0.3, -0.25) is 14.4 Å². The molecule has 180 valence electrons. The fraction of sp³-hybridized carbons (Fsp3) is 0.423. The highest BCUT2D eigenvalue weighted by atomic mass is 16.5. The largest absolute Gasteiger partial charge is 0.497 e. The zero-order chi connectivity index (χ0) is 24.2. The van der Waals surface area contributed by atoms with E-state index in [1.165, 1.54) is 0 Å². The van der Waals surface area contributed by atoms with E-state index in [9.17, 15) is 14.4 Å². The lowest BCUT2D eigenvalue weighted by molar-refractivity contribution is -0.126. The second-order valence-corrected chi connectivity index (χ2v) is 8.99. The minimum Gasteiger partial charge on any atom is -0.497 e. The molecule has 8 heteroatoms. The lowest BCUT2D eigenvalue weighted by Crippen LogP contribution is -2.48. The number of benzene rings is 2. The summed E-state index contributed by atoms with van der Waals surface area (Å²) < 4.78 is 10.9. The number of nitrogens with zero attached hydrogens (tertiary/aromatic N) is 2. The van der Waals surface area contributed by atoms with Crippen LogP contribution in [-0.4, -0.2) is 61.6 Å². The molecule has 0 aliphatic carbocycles. The Morgan fingerprint density at radius 2 is 1.65 bits per heavy atom. The number of hydrogen-bond acceptors (Lipinski definition) is 5. The Balaban J connectivity index is 1.30. The van der Waals surface area contributed by atoms with Crippen LogP contribution in [0.2, 0.25) is 0 Å². The number of ether oxygens (including phenoxy) is 2. The van der Waals surface area contributed by atoms with Crippen molar-refractivity contribution < 1.29 is 23.9 Å². The van der Waals surface area contributed by atoms with E-state index in [1.54, 1.807) is 36.3 Å². The molecule has 2 saturated heterocycles. The van der Waals surface area contributed by atoms with Gasteiger partial charge >= 0.3 is 0 Å². The van der Waals surface area contributed by atoms with Crippen LogP contribution in [0.3, 0.4) is 0 Å². The maximum absolute atomic E-state index is 12.8. The Kier molecular flexibility index (Phi) is 7.17. The third kappa shape index (κ3) is 5.39. The molecule has 2 aromatic rings. The highest BCUT2D eigenvalue weighted by molar-refractivity contribution is 6.00. The van der Waals surface area contributed by atoms with E-state index in [2.05, 4.69) is 5.32 Å². The van der Waals surface area contributed by atoms with Gasteiger partial charge in [-0.2, -0.15) is 0 Å². The summed E-state index contributed by atoms with van der Waals surface area (Å²) in [5.41, 5.74) is 2.27. The second-order valence-electron chi connectivity index (χ2n) is 8.99. The maximum Gasteiger partial charge on any atom is 0.254 e. The Morgan fingerprint density at radius 3 is 2.26 bits per heavy atom. The van der Waals surface area contributed by atoms with Gasteiger partial charge in [-0.05, 0) is 55.8 Å². The zero-order valence-electron chi connectivity index (χ0n) is 19.8. The van der Waals surface area contributed by atoms with Crippen molar-refractivity contribution in [1.82, 2.24) is 10.2 Å². The highest BCUT2D eigenvalue weighted by Gasteiger charge is 2.35. The molecule has 2 heterocycles.